The maximum Gasteiger partial charge on any atom is 0.251 e. The Hall–Kier alpha value is -2.39. The highest BCUT2D eigenvalue weighted by molar-refractivity contribution is 5.94. The largest absolute Gasteiger partial charge is 0.370 e. The van der Waals surface area contributed by atoms with Crippen molar-refractivity contribution in [2.75, 3.05) is 32.8 Å². The van der Waals surface area contributed by atoms with Crippen LogP contribution in [0.25, 0.3) is 0 Å². The molecule has 1 heterocycles. The molecule has 104 valence electrons. The van der Waals surface area contributed by atoms with Gasteiger partial charge in [0.1, 0.15) is 6.61 Å². The van der Waals surface area contributed by atoms with Crippen molar-refractivity contribution in [1.82, 2.24) is 10.2 Å². The molecule has 1 aliphatic rings. The average Bonchev–Trinajstić information content (AvgIpc) is 2.49. The molecule has 1 saturated heterocycles. The molecule has 0 aromatic heterocycles. The van der Waals surface area contributed by atoms with E-state index in [1.165, 1.54) is 6.07 Å². The maximum atomic E-state index is 11.9. The number of carbonyl (C=O) groups is 2. The molecule has 6 heteroatoms. The second kappa shape index (κ2) is 6.68. The molecule has 1 aromatic rings. The van der Waals surface area contributed by atoms with Crippen LogP contribution in [0.2, 0.25) is 0 Å². The molecule has 0 saturated carbocycles. The monoisotopic (exact) mass is 273 g/mol. The predicted molar refractivity (Wildman–Crippen MR) is 70.9 cm³/mol. The molecule has 0 spiro atoms. The van der Waals surface area contributed by atoms with Crippen LogP contribution in [0.4, 0.5) is 0 Å². The number of benzene rings is 1. The molecule has 2 amide bonds. The number of rotatable bonds is 4. The zero-order valence-corrected chi connectivity index (χ0v) is 11.0. The molecule has 0 unspecified atom stereocenters. The van der Waals surface area contributed by atoms with E-state index in [0.29, 0.717) is 37.4 Å². The lowest BCUT2D eigenvalue weighted by Crippen LogP contribution is -2.45. The summed E-state index contributed by atoms with van der Waals surface area (Å²) in [4.78, 5) is 25.0. The lowest BCUT2D eigenvalue weighted by Gasteiger charge is -2.26. The average molecular weight is 273 g/mol. The van der Waals surface area contributed by atoms with Gasteiger partial charge in [-0.2, -0.15) is 5.26 Å². The number of nitrogens with zero attached hydrogens (tertiary/aromatic N) is 2. The van der Waals surface area contributed by atoms with E-state index < -0.39 is 0 Å². The van der Waals surface area contributed by atoms with E-state index >= 15 is 0 Å². The van der Waals surface area contributed by atoms with Crippen molar-refractivity contribution in [3.8, 4) is 6.07 Å². The van der Waals surface area contributed by atoms with Crippen LogP contribution >= 0.6 is 0 Å². The quantitative estimate of drug-likeness (QED) is 0.846. The summed E-state index contributed by atoms with van der Waals surface area (Å²) in [6, 6.07) is 8.48. The fraction of sp³-hybridized carbons (Fsp3) is 0.357. The van der Waals surface area contributed by atoms with Crippen LogP contribution < -0.4 is 5.32 Å². The third kappa shape index (κ3) is 3.56. The van der Waals surface area contributed by atoms with Crippen LogP contribution in [0, 0.1) is 11.3 Å². The SMILES string of the molecule is N#Cc1cccc(C(=O)NCCN2CCOCC2=O)c1. The minimum absolute atomic E-state index is 0.0584. The van der Waals surface area contributed by atoms with Gasteiger partial charge in [-0.3, -0.25) is 9.59 Å². The Kier molecular flexibility index (Phi) is 4.69. The van der Waals surface area contributed by atoms with Gasteiger partial charge in [-0.1, -0.05) is 6.07 Å². The Labute approximate surface area is 116 Å². The van der Waals surface area contributed by atoms with Gasteiger partial charge in [0.25, 0.3) is 5.91 Å². The van der Waals surface area contributed by atoms with Crippen molar-refractivity contribution in [3.63, 3.8) is 0 Å². The normalized spacial score (nSPS) is 14.8. The Bertz CT molecular complexity index is 551. The van der Waals surface area contributed by atoms with E-state index in [9.17, 15) is 9.59 Å². The molecule has 20 heavy (non-hydrogen) atoms. The Morgan fingerprint density at radius 2 is 2.35 bits per heavy atom. The zero-order chi connectivity index (χ0) is 14.4. The molecular weight excluding hydrogens is 258 g/mol. The summed E-state index contributed by atoms with van der Waals surface area (Å²) in [6.45, 7) is 2.04. The molecule has 0 radical (unpaired) electrons. The summed E-state index contributed by atoms with van der Waals surface area (Å²) < 4.78 is 5.03. The molecule has 0 aliphatic carbocycles. The fourth-order valence-electron chi connectivity index (χ4n) is 1.92. The van der Waals surface area contributed by atoms with Gasteiger partial charge in [0, 0.05) is 25.2 Å². The minimum atomic E-state index is -0.247. The van der Waals surface area contributed by atoms with Gasteiger partial charge in [-0.25, -0.2) is 0 Å². The molecule has 1 fully saturated rings. The first-order chi connectivity index (χ1) is 9.70. The summed E-state index contributed by atoms with van der Waals surface area (Å²) in [5.74, 6) is -0.306. The highest BCUT2D eigenvalue weighted by Crippen LogP contribution is 2.04. The molecule has 2 rings (SSSR count). The topological polar surface area (TPSA) is 82.4 Å². The summed E-state index contributed by atoms with van der Waals surface area (Å²) in [6.07, 6.45) is 0. The molecule has 6 nitrogen and oxygen atoms in total. The molecule has 1 N–H and O–H groups in total. The van der Waals surface area contributed by atoms with E-state index in [4.69, 9.17) is 10.00 Å². The number of ether oxygens (including phenoxy) is 1. The number of nitrogens with one attached hydrogen (secondary N) is 1. The Morgan fingerprint density at radius 3 is 3.10 bits per heavy atom. The molecule has 0 bridgehead atoms. The van der Waals surface area contributed by atoms with Crippen LogP contribution in [0.1, 0.15) is 15.9 Å². The lowest BCUT2D eigenvalue weighted by atomic mass is 10.1. The first kappa shape index (κ1) is 14.0. The Balaban J connectivity index is 1.83. The van der Waals surface area contributed by atoms with Crippen molar-refractivity contribution < 1.29 is 14.3 Å². The minimum Gasteiger partial charge on any atom is -0.370 e. The fourth-order valence-corrected chi connectivity index (χ4v) is 1.92. The van der Waals surface area contributed by atoms with Gasteiger partial charge in [0.05, 0.1) is 18.2 Å². The highest BCUT2D eigenvalue weighted by atomic mass is 16.5. The zero-order valence-electron chi connectivity index (χ0n) is 11.0. The van der Waals surface area contributed by atoms with Crippen LogP contribution in [0.3, 0.4) is 0 Å². The Morgan fingerprint density at radius 1 is 1.50 bits per heavy atom. The van der Waals surface area contributed by atoms with Crippen molar-refractivity contribution in [2.45, 2.75) is 0 Å². The van der Waals surface area contributed by atoms with Crippen molar-refractivity contribution in [1.29, 1.82) is 5.26 Å². The smallest absolute Gasteiger partial charge is 0.251 e. The first-order valence-corrected chi connectivity index (χ1v) is 6.34. The van der Waals surface area contributed by atoms with Crippen LogP contribution in [0.15, 0.2) is 24.3 Å². The number of amides is 2. The van der Waals surface area contributed by atoms with E-state index in [-0.39, 0.29) is 18.4 Å². The maximum absolute atomic E-state index is 11.9. The standard InChI is InChI=1S/C14H15N3O3/c15-9-11-2-1-3-12(8-11)14(19)16-4-5-17-6-7-20-10-13(17)18/h1-3,8H,4-7,10H2,(H,16,19). The van der Waals surface area contributed by atoms with Gasteiger partial charge >= 0.3 is 0 Å². The third-order valence-corrected chi connectivity index (χ3v) is 3.00. The molecular formula is C14H15N3O3. The van der Waals surface area contributed by atoms with Gasteiger partial charge in [0.2, 0.25) is 5.91 Å². The van der Waals surface area contributed by atoms with Crippen LogP contribution in [0.5, 0.6) is 0 Å². The van der Waals surface area contributed by atoms with E-state index in [1.807, 2.05) is 6.07 Å². The van der Waals surface area contributed by atoms with Gasteiger partial charge in [-0.05, 0) is 18.2 Å². The third-order valence-electron chi connectivity index (χ3n) is 3.00. The summed E-state index contributed by atoms with van der Waals surface area (Å²) >= 11 is 0. The van der Waals surface area contributed by atoms with Gasteiger partial charge < -0.3 is 15.0 Å². The molecule has 1 aliphatic heterocycles. The van der Waals surface area contributed by atoms with Crippen LogP contribution in [-0.2, 0) is 9.53 Å². The summed E-state index contributed by atoms with van der Waals surface area (Å²) in [5.41, 5.74) is 0.887. The second-order valence-corrected chi connectivity index (χ2v) is 4.38. The van der Waals surface area contributed by atoms with Crippen molar-refractivity contribution in [2.24, 2.45) is 0 Å². The van der Waals surface area contributed by atoms with E-state index in [2.05, 4.69) is 5.32 Å². The van der Waals surface area contributed by atoms with Crippen molar-refractivity contribution in [3.05, 3.63) is 35.4 Å². The number of nitriles is 1. The van der Waals surface area contributed by atoms with E-state index in [0.717, 1.165) is 0 Å². The second-order valence-electron chi connectivity index (χ2n) is 4.38. The number of morpholine rings is 1. The van der Waals surface area contributed by atoms with Crippen LogP contribution in [-0.4, -0.2) is 49.6 Å². The first-order valence-electron chi connectivity index (χ1n) is 6.34. The van der Waals surface area contributed by atoms with Gasteiger partial charge in [0.15, 0.2) is 0 Å². The van der Waals surface area contributed by atoms with E-state index in [1.54, 1.807) is 23.1 Å². The predicted octanol–water partition coefficient (Wildman–Crippen LogP) is 0.147. The summed E-state index contributed by atoms with van der Waals surface area (Å²) in [5, 5.41) is 11.5. The van der Waals surface area contributed by atoms with Crippen molar-refractivity contribution >= 4 is 11.8 Å². The summed E-state index contributed by atoms with van der Waals surface area (Å²) in [7, 11) is 0. The highest BCUT2D eigenvalue weighted by Gasteiger charge is 2.18. The number of hydrogen-bond donors (Lipinski definition) is 1. The number of hydrogen-bond acceptors (Lipinski definition) is 4. The lowest BCUT2D eigenvalue weighted by molar-refractivity contribution is -0.142. The molecule has 1 aromatic carbocycles. The van der Waals surface area contributed by atoms with Gasteiger partial charge in [-0.15, -0.1) is 0 Å². The number of carbonyl (C=O) groups excluding carboxylic acids is 2. The molecule has 0 atom stereocenters.